The number of nitrogens with zero attached hydrogens (tertiary/aromatic N) is 1. The van der Waals surface area contributed by atoms with Gasteiger partial charge in [-0.1, -0.05) is 115 Å². The smallest absolute Gasteiger partial charge is 0.189 e. The third-order valence-electron chi connectivity index (χ3n) is 10.4. The third kappa shape index (κ3) is 9.02. The highest BCUT2D eigenvalue weighted by Gasteiger charge is 2.22. The van der Waals surface area contributed by atoms with E-state index in [9.17, 15) is 0 Å². The molecule has 10 rings (SSSR count). The lowest BCUT2D eigenvalue weighted by Crippen LogP contribution is -2.04. The Morgan fingerprint density at radius 2 is 1.02 bits per heavy atom. The van der Waals surface area contributed by atoms with Gasteiger partial charge in [0.05, 0.1) is 18.1 Å². The van der Waals surface area contributed by atoms with Gasteiger partial charge in [0, 0.05) is 73.2 Å². The van der Waals surface area contributed by atoms with Gasteiger partial charge in [0.25, 0.3) is 0 Å². The van der Waals surface area contributed by atoms with Crippen molar-refractivity contribution in [2.24, 2.45) is 0 Å². The maximum absolute atomic E-state index is 6.25. The number of benzene rings is 6. The van der Waals surface area contributed by atoms with Crippen LogP contribution in [0, 0.1) is 6.92 Å². The van der Waals surface area contributed by atoms with Crippen LogP contribution in [-0.2, 0) is 9.47 Å². The summed E-state index contributed by atoms with van der Waals surface area (Å²) < 4.78 is 31.4. The van der Waals surface area contributed by atoms with Gasteiger partial charge in [0.15, 0.2) is 25.1 Å². The monoisotopic (exact) mass is 922 g/mol. The van der Waals surface area contributed by atoms with Crippen molar-refractivity contribution in [2.75, 3.05) is 33.9 Å². The minimum Gasteiger partial charge on any atom is -0.496 e. The van der Waals surface area contributed by atoms with Crippen LogP contribution in [0.5, 0.6) is 17.2 Å². The normalized spacial score (nSPS) is 11.0. The number of fused-ring (bicyclic) bond motifs is 6. The van der Waals surface area contributed by atoms with Gasteiger partial charge < -0.3 is 28.7 Å². The number of hydrogen-bond acceptors (Lipinski definition) is 7. The number of thiophene rings is 2. The number of ether oxygens (including phenoxy) is 5. The minimum absolute atomic E-state index is 0.232. The van der Waals surface area contributed by atoms with E-state index < -0.39 is 0 Å². The molecule has 0 spiro atoms. The van der Waals surface area contributed by atoms with Crippen molar-refractivity contribution >= 4 is 82.2 Å². The largest absolute Gasteiger partial charge is 0.496 e. The molecule has 62 heavy (non-hydrogen) atoms. The molecule has 0 aliphatic rings. The molecule has 0 amide bonds. The summed E-state index contributed by atoms with van der Waals surface area (Å²) >= 11 is 6.80. The molecule has 314 valence electrons. The van der Waals surface area contributed by atoms with E-state index in [1.807, 2.05) is 43.5 Å². The van der Waals surface area contributed by atoms with E-state index in [-0.39, 0.29) is 13.6 Å². The molecule has 6 aromatic carbocycles. The van der Waals surface area contributed by atoms with Crippen molar-refractivity contribution in [2.45, 2.75) is 20.8 Å². The summed E-state index contributed by atoms with van der Waals surface area (Å²) in [7, 11) is 1.67. The van der Waals surface area contributed by atoms with E-state index in [4.69, 9.17) is 23.7 Å². The van der Waals surface area contributed by atoms with Crippen LogP contribution in [0.1, 0.15) is 19.4 Å². The highest BCUT2D eigenvalue weighted by Crippen LogP contribution is 2.46. The van der Waals surface area contributed by atoms with Gasteiger partial charge in [-0.05, 0) is 78.2 Å². The molecule has 10 aromatic rings. The molecular formula is C52H47BrN2O5S2. The maximum Gasteiger partial charge on any atom is 0.189 e. The zero-order chi connectivity index (χ0) is 42.8. The molecule has 4 heterocycles. The molecule has 4 aromatic heterocycles. The first kappa shape index (κ1) is 42.8. The molecule has 0 radical (unpaired) electrons. The highest BCUT2D eigenvalue weighted by atomic mass is 79.9. The molecule has 0 atom stereocenters. The molecule has 1 N–H and O–H groups in total. The number of nitrogens with one attached hydrogen (secondary N) is 1. The summed E-state index contributed by atoms with van der Waals surface area (Å²) in [4.78, 5) is 3.38. The lowest BCUT2D eigenvalue weighted by Gasteiger charge is -2.13. The number of methoxy groups -OCH3 is 1. The van der Waals surface area contributed by atoms with Gasteiger partial charge in [-0.2, -0.15) is 0 Å². The molecule has 10 heteroatoms. The fourth-order valence-corrected chi connectivity index (χ4v) is 9.89. The molecule has 0 fully saturated rings. The van der Waals surface area contributed by atoms with E-state index in [2.05, 4.69) is 159 Å². The number of aromatic amines is 1. The van der Waals surface area contributed by atoms with Crippen molar-refractivity contribution in [1.29, 1.82) is 0 Å². The van der Waals surface area contributed by atoms with Gasteiger partial charge in [-0.3, -0.25) is 4.57 Å². The highest BCUT2D eigenvalue weighted by molar-refractivity contribution is 9.11. The first-order valence-corrected chi connectivity index (χ1v) is 23.0. The molecule has 0 saturated carbocycles. The molecule has 7 nitrogen and oxygen atoms in total. The summed E-state index contributed by atoms with van der Waals surface area (Å²) in [6, 6.07) is 50.2. The van der Waals surface area contributed by atoms with Crippen LogP contribution in [0.25, 0.3) is 70.9 Å². The summed E-state index contributed by atoms with van der Waals surface area (Å²) in [5.41, 5.74) is 10.3. The number of rotatable bonds is 12. The summed E-state index contributed by atoms with van der Waals surface area (Å²) in [6.07, 6.45) is 0. The first-order chi connectivity index (χ1) is 30.5. The van der Waals surface area contributed by atoms with Gasteiger partial charge in [0.2, 0.25) is 0 Å². The van der Waals surface area contributed by atoms with Crippen molar-refractivity contribution in [3.63, 3.8) is 0 Å². The Bertz CT molecular complexity index is 2950. The minimum atomic E-state index is 0.232. The van der Waals surface area contributed by atoms with Gasteiger partial charge in [-0.25, -0.2) is 0 Å². The van der Waals surface area contributed by atoms with Crippen molar-refractivity contribution in [3.8, 4) is 44.5 Å². The number of para-hydroxylation sites is 5. The lowest BCUT2D eigenvalue weighted by molar-refractivity contribution is 0.0225. The van der Waals surface area contributed by atoms with E-state index in [0.717, 1.165) is 42.7 Å². The average Bonchev–Trinajstić information content (AvgIpc) is 4.09. The van der Waals surface area contributed by atoms with Crippen LogP contribution < -0.4 is 14.2 Å². The molecule has 0 aliphatic heterocycles. The topological polar surface area (TPSA) is 66.9 Å². The average molecular weight is 924 g/mol. The number of aryl methyl sites for hydroxylation is 1. The molecule has 0 saturated heterocycles. The Labute approximate surface area is 378 Å². The molecule has 0 bridgehead atoms. The summed E-state index contributed by atoms with van der Waals surface area (Å²) in [6.45, 7) is 7.78. The Morgan fingerprint density at radius 3 is 1.61 bits per heavy atom. The van der Waals surface area contributed by atoms with Crippen LogP contribution in [0.4, 0.5) is 0 Å². The van der Waals surface area contributed by atoms with Crippen molar-refractivity contribution in [3.05, 3.63) is 166 Å². The van der Waals surface area contributed by atoms with Crippen molar-refractivity contribution < 1.29 is 23.7 Å². The van der Waals surface area contributed by atoms with E-state index in [1.165, 1.54) is 54.7 Å². The SMILES string of the molecule is CCOCOc1c(-c2ccccc2C)csc1-n1c2ccccc2c2ccccc21.CCOCOc1c(-c2ccccc2OC)csc1Br.c1ccc2c(c1)[nH]c1ccccc12. The molecular weight excluding hydrogens is 877 g/mol. The maximum atomic E-state index is 6.25. The second kappa shape index (κ2) is 20.3. The predicted octanol–water partition coefficient (Wildman–Crippen LogP) is 15.1. The second-order valence-electron chi connectivity index (χ2n) is 14.1. The Kier molecular flexibility index (Phi) is 14.0. The van der Waals surface area contributed by atoms with E-state index in [0.29, 0.717) is 13.2 Å². The van der Waals surface area contributed by atoms with Gasteiger partial charge >= 0.3 is 0 Å². The molecule has 0 unspecified atom stereocenters. The fourth-order valence-electron chi connectivity index (χ4n) is 7.51. The van der Waals surface area contributed by atoms with Crippen LogP contribution in [0.15, 0.2) is 160 Å². The van der Waals surface area contributed by atoms with Crippen LogP contribution in [0.2, 0.25) is 0 Å². The summed E-state index contributed by atoms with van der Waals surface area (Å²) in [5.74, 6) is 2.49. The second-order valence-corrected chi connectivity index (χ2v) is 17.2. The third-order valence-corrected chi connectivity index (χ3v) is 13.1. The number of halogens is 1. The van der Waals surface area contributed by atoms with Gasteiger partial charge in [0.1, 0.15) is 14.5 Å². The first-order valence-electron chi connectivity index (χ1n) is 20.4. The summed E-state index contributed by atoms with van der Waals surface area (Å²) in [5, 5.41) is 10.4. The van der Waals surface area contributed by atoms with E-state index >= 15 is 0 Å². The Morgan fingerprint density at radius 1 is 0.532 bits per heavy atom. The van der Waals surface area contributed by atoms with Crippen molar-refractivity contribution in [1.82, 2.24) is 9.55 Å². The Hall–Kier alpha value is -5.88. The standard InChI is InChI=1S/C26H23NO2S.C14H15BrO3S.C12H9N/c1-3-28-17-29-25-22(19-11-5-4-10-18(19)2)16-30-26(25)27-23-14-8-6-12-20(23)21-13-7-9-15-24(21)27;1-3-17-9-18-13-11(8-19-14(13)15)10-6-4-5-7-12(10)16-2;1-3-7-11-9(5-1)10-6-2-4-8-12(10)13-11/h4-16H,3,17H2,1-2H3;4-8H,3,9H2,1-2H3;1-8,13H. The van der Waals surface area contributed by atoms with Crippen LogP contribution in [-0.4, -0.2) is 43.5 Å². The lowest BCUT2D eigenvalue weighted by atomic mass is 10.0. The predicted molar refractivity (Wildman–Crippen MR) is 263 cm³/mol. The zero-order valence-electron chi connectivity index (χ0n) is 35.0. The van der Waals surface area contributed by atoms with E-state index in [1.54, 1.807) is 29.8 Å². The number of aromatic nitrogens is 2. The number of H-pyrrole nitrogens is 1. The zero-order valence-corrected chi connectivity index (χ0v) is 38.2. The van der Waals surface area contributed by atoms with Crippen LogP contribution >= 0.6 is 38.6 Å². The molecule has 0 aliphatic carbocycles. The van der Waals surface area contributed by atoms with Gasteiger partial charge in [-0.15, -0.1) is 22.7 Å². The fraction of sp³-hybridized carbons (Fsp3) is 0.154. The Balaban J connectivity index is 0.000000141. The van der Waals surface area contributed by atoms with Crippen LogP contribution in [0.3, 0.4) is 0 Å². The quantitative estimate of drug-likeness (QED) is 0.0977. The number of hydrogen-bond donors (Lipinski definition) is 1.